The van der Waals surface area contributed by atoms with Gasteiger partial charge in [0.05, 0.1) is 0 Å². The summed E-state index contributed by atoms with van der Waals surface area (Å²) in [7, 11) is 0. The van der Waals surface area contributed by atoms with Gasteiger partial charge in [-0.05, 0) is 48.5 Å². The second-order valence-electron chi connectivity index (χ2n) is 11.4. The van der Waals surface area contributed by atoms with Gasteiger partial charge in [0.25, 0.3) is 0 Å². The van der Waals surface area contributed by atoms with E-state index in [4.69, 9.17) is 20.4 Å². The van der Waals surface area contributed by atoms with Crippen molar-refractivity contribution in [2.75, 3.05) is 0 Å². The number of hydrogen-bond acceptors (Lipinski definition) is 12. The normalized spacial score (nSPS) is 10.1. The monoisotopic (exact) mass is 948 g/mol. The summed E-state index contributed by atoms with van der Waals surface area (Å²) < 4.78 is 0. The number of benzene rings is 4. The Kier molecular flexibility index (Phi) is 13.6. The molecule has 0 aliphatic heterocycles. The summed E-state index contributed by atoms with van der Waals surface area (Å²) in [6, 6.07) is 31.7. The quantitative estimate of drug-likeness (QED) is 0.0928. The van der Waals surface area contributed by atoms with Gasteiger partial charge >= 0.3 is 23.9 Å². The topological polar surface area (TPSA) is 282 Å². The van der Waals surface area contributed by atoms with Crippen molar-refractivity contribution in [1.82, 2.24) is 19.9 Å². The van der Waals surface area contributed by atoms with E-state index in [-0.39, 0.29) is 65.6 Å². The van der Waals surface area contributed by atoms with Gasteiger partial charge in [0.15, 0.2) is 0 Å². The van der Waals surface area contributed by atoms with Gasteiger partial charge < -0.3 is 40.9 Å². The molecule has 0 unspecified atom stereocenters. The SMILES string of the molecule is O=C(O)c1ccc2cccc(O)c2n1.O=C(O)c1ccc2cccc(O)c2n1.O=C(O)c1ccc2cccc(O)c2n1.O=C(O)c1ccc2cccc(O)c2n1.[Os]. The van der Waals surface area contributed by atoms with Crippen molar-refractivity contribution in [3.05, 3.63) is 144 Å². The molecule has 4 aromatic carbocycles. The molecule has 8 rings (SSSR count). The zero-order valence-electron chi connectivity index (χ0n) is 28.9. The van der Waals surface area contributed by atoms with Crippen LogP contribution < -0.4 is 0 Å². The van der Waals surface area contributed by atoms with Gasteiger partial charge in [-0.25, -0.2) is 39.1 Å². The van der Waals surface area contributed by atoms with E-state index in [0.29, 0.717) is 22.1 Å². The number of carboxylic acids is 4. The summed E-state index contributed by atoms with van der Waals surface area (Å²) in [5, 5.41) is 75.3. The van der Waals surface area contributed by atoms with Gasteiger partial charge in [-0.2, -0.15) is 0 Å². The van der Waals surface area contributed by atoms with Crippen molar-refractivity contribution < 1.29 is 79.8 Å². The molecule has 8 N–H and O–H groups in total. The summed E-state index contributed by atoms with van der Waals surface area (Å²) in [5.41, 5.74) is 0.968. The Morgan fingerprint density at radius 3 is 0.684 bits per heavy atom. The molecule has 0 bridgehead atoms. The molecule has 0 aliphatic rings. The Morgan fingerprint density at radius 1 is 0.316 bits per heavy atom. The fourth-order valence-electron chi connectivity index (χ4n) is 5.00. The molecule has 17 heteroatoms. The average molecular weight is 947 g/mol. The number of rotatable bonds is 4. The number of nitrogens with zero attached hydrogens (tertiary/aromatic N) is 4. The van der Waals surface area contributed by atoms with Gasteiger partial charge in [0.1, 0.15) is 67.8 Å². The van der Waals surface area contributed by atoms with Crippen LogP contribution in [0.3, 0.4) is 0 Å². The van der Waals surface area contributed by atoms with Crippen molar-refractivity contribution in [3.63, 3.8) is 0 Å². The minimum atomic E-state index is -1.10. The number of aromatic hydroxyl groups is 4. The Hall–Kier alpha value is -7.76. The Labute approximate surface area is 333 Å². The van der Waals surface area contributed by atoms with Gasteiger partial charge in [-0.15, -0.1) is 0 Å². The number of phenols is 4. The molecule has 0 saturated carbocycles. The van der Waals surface area contributed by atoms with Crippen LogP contribution >= 0.6 is 0 Å². The first-order chi connectivity index (χ1) is 26.7. The number of carbonyl (C=O) groups is 4. The van der Waals surface area contributed by atoms with Crippen molar-refractivity contribution in [1.29, 1.82) is 0 Å². The average Bonchev–Trinajstić information content (AvgIpc) is 3.19. The first-order valence-electron chi connectivity index (χ1n) is 16.0. The summed E-state index contributed by atoms with van der Waals surface area (Å²) in [6.07, 6.45) is 0. The van der Waals surface area contributed by atoms with Crippen LogP contribution in [0.15, 0.2) is 121 Å². The second kappa shape index (κ2) is 18.5. The molecular weight excluding hydrogens is 919 g/mol. The molecule has 0 radical (unpaired) electrons. The molecule has 0 saturated heterocycles. The maximum Gasteiger partial charge on any atom is 0.354 e. The third kappa shape index (κ3) is 10.3. The third-order valence-corrected chi connectivity index (χ3v) is 7.67. The van der Waals surface area contributed by atoms with Crippen molar-refractivity contribution in [3.8, 4) is 23.0 Å². The smallest absolute Gasteiger partial charge is 0.354 e. The minimum Gasteiger partial charge on any atom is -0.506 e. The van der Waals surface area contributed by atoms with E-state index in [2.05, 4.69) is 19.9 Å². The minimum absolute atomic E-state index is 0. The second-order valence-corrected chi connectivity index (χ2v) is 11.4. The molecule has 57 heavy (non-hydrogen) atoms. The summed E-state index contributed by atoms with van der Waals surface area (Å²) in [5.74, 6) is -4.44. The molecule has 0 spiro atoms. The Morgan fingerprint density at radius 2 is 0.509 bits per heavy atom. The maximum atomic E-state index is 10.6. The molecule has 4 heterocycles. The molecule has 16 nitrogen and oxygen atoms in total. The van der Waals surface area contributed by atoms with Crippen LogP contribution in [0.4, 0.5) is 0 Å². The Bertz CT molecular complexity index is 2420. The molecule has 4 aromatic heterocycles. The van der Waals surface area contributed by atoms with Crippen molar-refractivity contribution in [2.45, 2.75) is 0 Å². The molecule has 0 atom stereocenters. The van der Waals surface area contributed by atoms with E-state index in [1.165, 1.54) is 48.5 Å². The zero-order chi connectivity index (χ0) is 40.5. The van der Waals surface area contributed by atoms with E-state index in [9.17, 15) is 39.6 Å². The number of aromatic nitrogens is 4. The van der Waals surface area contributed by atoms with Crippen LogP contribution in [0.5, 0.6) is 23.0 Å². The fraction of sp³-hybridized carbons (Fsp3) is 0. The fourth-order valence-corrected chi connectivity index (χ4v) is 5.00. The number of para-hydroxylation sites is 4. The number of aromatic carboxylic acids is 4. The molecule has 0 fully saturated rings. The first-order valence-corrected chi connectivity index (χ1v) is 16.0. The van der Waals surface area contributed by atoms with Crippen LogP contribution in [-0.2, 0) is 19.8 Å². The summed E-state index contributed by atoms with van der Waals surface area (Å²) in [4.78, 5) is 57.7. The third-order valence-electron chi connectivity index (χ3n) is 7.67. The molecule has 288 valence electrons. The predicted octanol–water partition coefficient (Wildman–Crippen LogP) is 6.55. The van der Waals surface area contributed by atoms with Crippen LogP contribution in [0, 0.1) is 0 Å². The van der Waals surface area contributed by atoms with E-state index in [0.717, 1.165) is 21.5 Å². The van der Waals surface area contributed by atoms with E-state index in [1.807, 2.05) is 0 Å². The van der Waals surface area contributed by atoms with Crippen molar-refractivity contribution in [2.24, 2.45) is 0 Å². The molecular formula is C40H28N4O12Os. The van der Waals surface area contributed by atoms with Gasteiger partial charge in [0, 0.05) is 41.3 Å². The molecule has 8 aromatic rings. The van der Waals surface area contributed by atoms with Crippen LogP contribution in [0.25, 0.3) is 43.6 Å². The summed E-state index contributed by atoms with van der Waals surface area (Å²) in [6.45, 7) is 0. The number of fused-ring (bicyclic) bond motifs is 4. The van der Waals surface area contributed by atoms with Crippen LogP contribution in [0.1, 0.15) is 42.0 Å². The Balaban J connectivity index is 0.000000167. The zero-order valence-corrected chi connectivity index (χ0v) is 31.4. The first kappa shape index (κ1) is 42.0. The largest absolute Gasteiger partial charge is 0.506 e. The van der Waals surface area contributed by atoms with Crippen LogP contribution in [0.2, 0.25) is 0 Å². The number of pyridine rings is 4. The van der Waals surface area contributed by atoms with E-state index in [1.54, 1.807) is 72.8 Å². The van der Waals surface area contributed by atoms with E-state index >= 15 is 0 Å². The maximum absolute atomic E-state index is 10.6. The predicted molar refractivity (Wildman–Crippen MR) is 201 cm³/mol. The van der Waals surface area contributed by atoms with Gasteiger partial charge in [-0.3, -0.25) is 0 Å². The van der Waals surface area contributed by atoms with Gasteiger partial charge in [-0.1, -0.05) is 72.8 Å². The van der Waals surface area contributed by atoms with E-state index < -0.39 is 23.9 Å². The molecule has 0 amide bonds. The molecule has 0 aliphatic carbocycles. The summed E-state index contributed by atoms with van der Waals surface area (Å²) >= 11 is 0. The standard InChI is InChI=1S/4C10H7NO3.Os/c4*12-8-3-1-2-6-4-5-7(10(13)14)11-9(6)8;/h4*1-5,12H,(H,13,14);. The van der Waals surface area contributed by atoms with Crippen LogP contribution in [-0.4, -0.2) is 84.7 Å². The number of hydrogen-bond donors (Lipinski definition) is 8. The van der Waals surface area contributed by atoms with Crippen molar-refractivity contribution >= 4 is 67.5 Å². The number of phenolic OH excluding ortho intramolecular Hbond substituents is 4. The number of carboxylic acid groups (broad SMARTS) is 4. The van der Waals surface area contributed by atoms with Gasteiger partial charge in [0.2, 0.25) is 0 Å².